The molecule has 0 bridgehead atoms. The Bertz CT molecular complexity index is 1020. The third-order valence-corrected chi connectivity index (χ3v) is 5.00. The largest absolute Gasteiger partial charge is 0.477 e. The Morgan fingerprint density at radius 1 is 1.20 bits per heavy atom. The second kappa shape index (κ2) is 8.43. The van der Waals surface area contributed by atoms with Crippen LogP contribution in [0.3, 0.4) is 0 Å². The molecule has 0 saturated carbocycles. The maximum absolute atomic E-state index is 14.5. The van der Waals surface area contributed by atoms with Gasteiger partial charge < -0.3 is 19.7 Å². The van der Waals surface area contributed by atoms with Crippen molar-refractivity contribution in [3.05, 3.63) is 45.5 Å². The van der Waals surface area contributed by atoms with Crippen LogP contribution < -0.4 is 5.43 Å². The molecule has 1 saturated heterocycles. The number of amides is 1. The van der Waals surface area contributed by atoms with Crippen LogP contribution >= 0.6 is 0 Å². The number of aromatic nitrogens is 1. The number of hydrogen-bond donors (Lipinski definition) is 2. The maximum Gasteiger partial charge on any atom is 0.410 e. The first-order valence-electron chi connectivity index (χ1n) is 9.82. The minimum absolute atomic E-state index is 0.0159. The first kappa shape index (κ1) is 21.8. The summed E-state index contributed by atoms with van der Waals surface area (Å²) in [6, 6.07) is 2.64. The standard InChI is InChI=1S/C21H26FN3O5/c1-21(2,3)30-20(29)25-8-6-24(7-9-25)5-4-13-10-17-14(11-16(13)22)18(26)15(12-23-17)19(27)28/h10-12H,4-9H2,1-3H3,(H,23,26)(H,27,28). The molecule has 3 rings (SSSR count). The summed E-state index contributed by atoms with van der Waals surface area (Å²) >= 11 is 0. The predicted molar refractivity (Wildman–Crippen MR) is 109 cm³/mol. The van der Waals surface area contributed by atoms with Crippen LogP contribution in [-0.2, 0) is 11.2 Å². The van der Waals surface area contributed by atoms with Crippen LogP contribution in [0.15, 0.2) is 23.1 Å². The third kappa shape index (κ3) is 4.96. The number of H-pyrrole nitrogens is 1. The Kier molecular flexibility index (Phi) is 6.12. The lowest BCUT2D eigenvalue weighted by Gasteiger charge is -2.35. The van der Waals surface area contributed by atoms with E-state index in [-0.39, 0.29) is 11.5 Å². The van der Waals surface area contributed by atoms with Crippen LogP contribution in [-0.4, -0.2) is 70.3 Å². The van der Waals surface area contributed by atoms with E-state index in [4.69, 9.17) is 9.84 Å². The summed E-state index contributed by atoms with van der Waals surface area (Å²) in [6.45, 7) is 8.49. The molecule has 0 radical (unpaired) electrons. The lowest BCUT2D eigenvalue weighted by molar-refractivity contribution is 0.0146. The number of pyridine rings is 1. The molecular formula is C21H26FN3O5. The van der Waals surface area contributed by atoms with Crippen molar-refractivity contribution in [2.45, 2.75) is 32.8 Å². The molecule has 1 aromatic carbocycles. The minimum atomic E-state index is -1.35. The molecule has 2 heterocycles. The van der Waals surface area contributed by atoms with E-state index in [1.54, 1.807) is 11.0 Å². The van der Waals surface area contributed by atoms with Gasteiger partial charge in [0.15, 0.2) is 0 Å². The number of nitrogens with one attached hydrogen (secondary N) is 1. The summed E-state index contributed by atoms with van der Waals surface area (Å²) in [5, 5.41) is 9.05. The Balaban J connectivity index is 1.62. The molecule has 1 aliphatic heterocycles. The highest BCUT2D eigenvalue weighted by Crippen LogP contribution is 2.17. The lowest BCUT2D eigenvalue weighted by Crippen LogP contribution is -2.50. The molecule has 162 valence electrons. The number of carbonyl (C=O) groups is 2. The van der Waals surface area contributed by atoms with E-state index in [0.717, 1.165) is 12.3 Å². The normalized spacial score (nSPS) is 15.4. The van der Waals surface area contributed by atoms with Gasteiger partial charge >= 0.3 is 12.1 Å². The topological polar surface area (TPSA) is 103 Å². The highest BCUT2D eigenvalue weighted by Gasteiger charge is 2.25. The summed E-state index contributed by atoms with van der Waals surface area (Å²) < 4.78 is 19.9. The smallest absolute Gasteiger partial charge is 0.410 e. The summed E-state index contributed by atoms with van der Waals surface area (Å²) in [5.74, 6) is -1.89. The molecule has 2 aromatic rings. The molecule has 2 N–H and O–H groups in total. The zero-order chi connectivity index (χ0) is 22.1. The Morgan fingerprint density at radius 2 is 1.87 bits per heavy atom. The number of halogens is 1. The van der Waals surface area contributed by atoms with Gasteiger partial charge in [-0.25, -0.2) is 14.0 Å². The van der Waals surface area contributed by atoms with Gasteiger partial charge in [-0.15, -0.1) is 0 Å². The van der Waals surface area contributed by atoms with E-state index in [2.05, 4.69) is 9.88 Å². The molecule has 0 unspecified atom stereocenters. The quantitative estimate of drug-likeness (QED) is 0.789. The number of aromatic amines is 1. The second-order valence-corrected chi connectivity index (χ2v) is 8.38. The SMILES string of the molecule is CC(C)(C)OC(=O)N1CCN(CCc2cc3[nH]cc(C(=O)O)c(=O)c3cc2F)CC1. The zero-order valence-corrected chi connectivity index (χ0v) is 17.3. The summed E-state index contributed by atoms with van der Waals surface area (Å²) in [4.78, 5) is 42.0. The van der Waals surface area contributed by atoms with Gasteiger partial charge in [-0.3, -0.25) is 9.69 Å². The summed E-state index contributed by atoms with van der Waals surface area (Å²) in [5.41, 5.74) is -0.821. The molecule has 0 aliphatic carbocycles. The number of carbonyl (C=O) groups excluding carboxylic acids is 1. The molecule has 1 amide bonds. The Labute approximate surface area is 173 Å². The number of ether oxygens (including phenoxy) is 1. The van der Waals surface area contributed by atoms with E-state index in [1.807, 2.05) is 20.8 Å². The number of nitrogens with zero attached hydrogens (tertiary/aromatic N) is 2. The van der Waals surface area contributed by atoms with E-state index in [1.165, 1.54) is 0 Å². The number of benzene rings is 1. The fraction of sp³-hybridized carbons (Fsp3) is 0.476. The van der Waals surface area contributed by atoms with Crippen LogP contribution in [0.25, 0.3) is 10.9 Å². The van der Waals surface area contributed by atoms with E-state index in [9.17, 15) is 18.8 Å². The van der Waals surface area contributed by atoms with Gasteiger partial charge in [0, 0.05) is 49.8 Å². The molecule has 9 heteroatoms. The molecule has 1 aromatic heterocycles. The van der Waals surface area contributed by atoms with Crippen LogP contribution in [0.1, 0.15) is 36.7 Å². The second-order valence-electron chi connectivity index (χ2n) is 8.38. The van der Waals surface area contributed by atoms with Crippen molar-refractivity contribution in [1.82, 2.24) is 14.8 Å². The van der Waals surface area contributed by atoms with E-state index >= 15 is 0 Å². The van der Waals surface area contributed by atoms with E-state index < -0.39 is 28.4 Å². The third-order valence-electron chi connectivity index (χ3n) is 5.00. The molecule has 30 heavy (non-hydrogen) atoms. The van der Waals surface area contributed by atoms with Crippen molar-refractivity contribution in [2.75, 3.05) is 32.7 Å². The zero-order valence-electron chi connectivity index (χ0n) is 17.3. The first-order valence-corrected chi connectivity index (χ1v) is 9.82. The van der Waals surface area contributed by atoms with Gasteiger partial charge in [-0.1, -0.05) is 0 Å². The number of aromatic carboxylic acids is 1. The average Bonchev–Trinajstić information content (AvgIpc) is 2.66. The molecule has 1 aliphatic rings. The molecule has 0 atom stereocenters. The van der Waals surface area contributed by atoms with Gasteiger partial charge in [-0.05, 0) is 44.9 Å². The lowest BCUT2D eigenvalue weighted by atomic mass is 10.1. The molecule has 8 nitrogen and oxygen atoms in total. The van der Waals surface area contributed by atoms with Crippen molar-refractivity contribution < 1.29 is 23.8 Å². The average molecular weight is 419 g/mol. The maximum atomic E-state index is 14.5. The highest BCUT2D eigenvalue weighted by molar-refractivity contribution is 5.92. The Hall–Kier alpha value is -2.94. The number of carboxylic acid groups (broad SMARTS) is 1. The number of piperazine rings is 1. The monoisotopic (exact) mass is 419 g/mol. The van der Waals surface area contributed by atoms with Crippen molar-refractivity contribution in [1.29, 1.82) is 0 Å². The first-order chi connectivity index (χ1) is 14.0. The van der Waals surface area contributed by atoms with E-state index in [0.29, 0.717) is 50.2 Å². The van der Waals surface area contributed by atoms with Gasteiger partial charge in [0.2, 0.25) is 5.43 Å². The Morgan fingerprint density at radius 3 is 2.47 bits per heavy atom. The number of rotatable bonds is 4. The number of hydrogen-bond acceptors (Lipinski definition) is 5. The summed E-state index contributed by atoms with van der Waals surface area (Å²) in [7, 11) is 0. The van der Waals surface area contributed by atoms with Gasteiger partial charge in [0.05, 0.1) is 0 Å². The predicted octanol–water partition coefficient (Wildman–Crippen LogP) is 2.46. The van der Waals surface area contributed by atoms with Gasteiger partial charge in [0.1, 0.15) is 17.0 Å². The van der Waals surface area contributed by atoms with Gasteiger partial charge in [-0.2, -0.15) is 0 Å². The fourth-order valence-corrected chi connectivity index (χ4v) is 3.40. The summed E-state index contributed by atoms with van der Waals surface area (Å²) in [6.07, 6.45) is 1.23. The van der Waals surface area contributed by atoms with Crippen LogP contribution in [0.2, 0.25) is 0 Å². The number of fused-ring (bicyclic) bond motifs is 1. The number of carboxylic acids is 1. The van der Waals surface area contributed by atoms with Crippen LogP contribution in [0.5, 0.6) is 0 Å². The molecule has 0 spiro atoms. The highest BCUT2D eigenvalue weighted by atomic mass is 19.1. The molecular weight excluding hydrogens is 393 g/mol. The van der Waals surface area contributed by atoms with Crippen LogP contribution in [0, 0.1) is 5.82 Å². The minimum Gasteiger partial charge on any atom is -0.477 e. The van der Waals surface area contributed by atoms with Crippen molar-refractivity contribution in [2.24, 2.45) is 0 Å². The van der Waals surface area contributed by atoms with Crippen molar-refractivity contribution >= 4 is 23.0 Å². The van der Waals surface area contributed by atoms with Gasteiger partial charge in [0.25, 0.3) is 0 Å². The molecule has 1 fully saturated rings. The van der Waals surface area contributed by atoms with Crippen LogP contribution in [0.4, 0.5) is 9.18 Å². The fourth-order valence-electron chi connectivity index (χ4n) is 3.40. The van der Waals surface area contributed by atoms with Crippen molar-refractivity contribution in [3.8, 4) is 0 Å². The van der Waals surface area contributed by atoms with Crippen molar-refractivity contribution in [3.63, 3.8) is 0 Å².